The fraction of sp³-hybridized carbons (Fsp3) is 0.294. The molecule has 5 nitrogen and oxygen atoms in total. The van der Waals surface area contributed by atoms with Crippen LogP contribution in [-0.4, -0.2) is 19.6 Å². The van der Waals surface area contributed by atoms with Crippen LogP contribution in [-0.2, 0) is 9.84 Å². The number of aryl methyl sites for hydroxylation is 2. The van der Waals surface area contributed by atoms with Crippen LogP contribution in [0.3, 0.4) is 0 Å². The molecular formula is C17H19NO4S2. The van der Waals surface area contributed by atoms with E-state index in [0.717, 1.165) is 39.5 Å². The van der Waals surface area contributed by atoms with Crippen LogP contribution in [0.2, 0.25) is 0 Å². The summed E-state index contributed by atoms with van der Waals surface area (Å²) in [5, 5.41) is 11.4. The fourth-order valence-electron chi connectivity index (χ4n) is 2.40. The molecule has 0 heterocycles. The molecule has 0 spiro atoms. The van der Waals surface area contributed by atoms with Crippen LogP contribution in [0.4, 0.5) is 5.69 Å². The van der Waals surface area contributed by atoms with E-state index >= 15 is 0 Å². The van der Waals surface area contributed by atoms with Gasteiger partial charge in [-0.2, -0.15) is 0 Å². The van der Waals surface area contributed by atoms with Gasteiger partial charge in [0.15, 0.2) is 9.84 Å². The molecule has 2 aromatic rings. The van der Waals surface area contributed by atoms with Gasteiger partial charge in [-0.25, -0.2) is 8.42 Å². The van der Waals surface area contributed by atoms with Crippen LogP contribution in [0.15, 0.2) is 39.0 Å². The van der Waals surface area contributed by atoms with Crippen LogP contribution in [0.5, 0.6) is 0 Å². The van der Waals surface area contributed by atoms with Gasteiger partial charge in [-0.1, -0.05) is 17.8 Å². The Kier molecular flexibility index (Phi) is 5.05. The number of sulfone groups is 1. The maximum atomic E-state index is 11.6. The van der Waals surface area contributed by atoms with E-state index in [1.165, 1.54) is 23.9 Å². The van der Waals surface area contributed by atoms with Gasteiger partial charge in [-0.3, -0.25) is 10.1 Å². The Labute approximate surface area is 146 Å². The Morgan fingerprint density at radius 1 is 1.00 bits per heavy atom. The molecule has 7 heteroatoms. The standard InChI is InChI=1S/C17H19NO4S2/c1-10-8-11(2)13(4)17(12(10)3)23-16-7-6-14(24(5,21)22)9-15(16)18(19)20/h6-9H,1-5H3. The summed E-state index contributed by atoms with van der Waals surface area (Å²) >= 11 is 1.31. The van der Waals surface area contributed by atoms with Gasteiger partial charge in [0.05, 0.1) is 14.7 Å². The van der Waals surface area contributed by atoms with Gasteiger partial charge >= 0.3 is 0 Å². The molecule has 0 bridgehead atoms. The van der Waals surface area contributed by atoms with Crippen molar-refractivity contribution in [2.75, 3.05) is 6.26 Å². The van der Waals surface area contributed by atoms with Gasteiger partial charge in [0, 0.05) is 17.2 Å². The van der Waals surface area contributed by atoms with E-state index < -0.39 is 14.8 Å². The molecule has 0 amide bonds. The topological polar surface area (TPSA) is 77.3 Å². The molecule has 0 fully saturated rings. The minimum absolute atomic E-state index is 0.0487. The molecule has 0 aromatic heterocycles. The molecule has 0 N–H and O–H groups in total. The number of nitro benzene ring substituents is 1. The predicted octanol–water partition coefficient (Wildman–Crippen LogP) is 4.38. The molecule has 0 saturated heterocycles. The van der Waals surface area contributed by atoms with E-state index in [2.05, 4.69) is 6.07 Å². The van der Waals surface area contributed by atoms with Crippen LogP contribution in [0.25, 0.3) is 0 Å². The minimum Gasteiger partial charge on any atom is -0.258 e. The summed E-state index contributed by atoms with van der Waals surface area (Å²) in [6, 6.07) is 6.15. The quantitative estimate of drug-likeness (QED) is 0.593. The number of nitro groups is 1. The maximum Gasteiger partial charge on any atom is 0.284 e. The Bertz CT molecular complexity index is 908. The van der Waals surface area contributed by atoms with Crippen molar-refractivity contribution in [1.82, 2.24) is 0 Å². The molecule has 0 aliphatic rings. The van der Waals surface area contributed by atoms with Crippen LogP contribution in [0.1, 0.15) is 22.3 Å². The maximum absolute atomic E-state index is 11.6. The van der Waals surface area contributed by atoms with Gasteiger partial charge in [0.25, 0.3) is 5.69 Å². The lowest BCUT2D eigenvalue weighted by molar-refractivity contribution is -0.388. The average molecular weight is 365 g/mol. The van der Waals surface area contributed by atoms with Gasteiger partial charge < -0.3 is 0 Å². The SMILES string of the molecule is Cc1cc(C)c(C)c(Sc2ccc(S(C)(=O)=O)cc2[N+](=O)[O-])c1C. The highest BCUT2D eigenvalue weighted by Crippen LogP contribution is 2.40. The van der Waals surface area contributed by atoms with E-state index in [0.29, 0.717) is 4.90 Å². The zero-order valence-corrected chi connectivity index (χ0v) is 15.8. The summed E-state index contributed by atoms with van der Waals surface area (Å²) in [5.74, 6) is 0. The highest BCUT2D eigenvalue weighted by molar-refractivity contribution is 7.99. The highest BCUT2D eigenvalue weighted by Gasteiger charge is 2.21. The van der Waals surface area contributed by atoms with Gasteiger partial charge in [0.1, 0.15) is 0 Å². The summed E-state index contributed by atoms with van der Waals surface area (Å²) in [7, 11) is -3.49. The Morgan fingerprint density at radius 3 is 2.00 bits per heavy atom. The molecule has 0 radical (unpaired) electrons. The molecule has 128 valence electrons. The van der Waals surface area contributed by atoms with Gasteiger partial charge in [-0.05, 0) is 62.1 Å². The molecule has 0 aliphatic heterocycles. The zero-order valence-electron chi connectivity index (χ0n) is 14.2. The van der Waals surface area contributed by atoms with Crippen molar-refractivity contribution < 1.29 is 13.3 Å². The third-order valence-electron chi connectivity index (χ3n) is 4.06. The summed E-state index contributed by atoms with van der Waals surface area (Å²) in [5.41, 5.74) is 4.20. The number of hydrogen-bond donors (Lipinski definition) is 0. The number of benzene rings is 2. The molecule has 0 unspecified atom stereocenters. The van der Waals surface area contributed by atoms with Crippen molar-refractivity contribution in [2.24, 2.45) is 0 Å². The molecule has 2 aromatic carbocycles. The minimum atomic E-state index is -3.49. The molecule has 0 aliphatic carbocycles. The van der Waals surface area contributed by atoms with E-state index in [1.807, 2.05) is 27.7 Å². The number of hydrogen-bond acceptors (Lipinski definition) is 5. The smallest absolute Gasteiger partial charge is 0.258 e. The first-order valence-electron chi connectivity index (χ1n) is 7.26. The molecule has 24 heavy (non-hydrogen) atoms. The number of nitrogens with zero attached hydrogens (tertiary/aromatic N) is 1. The van der Waals surface area contributed by atoms with Crippen LogP contribution < -0.4 is 0 Å². The van der Waals surface area contributed by atoms with E-state index in [4.69, 9.17) is 0 Å². The second-order valence-electron chi connectivity index (χ2n) is 5.85. The van der Waals surface area contributed by atoms with E-state index in [9.17, 15) is 18.5 Å². The third-order valence-corrected chi connectivity index (χ3v) is 6.56. The highest BCUT2D eigenvalue weighted by atomic mass is 32.2. The Morgan fingerprint density at radius 2 is 1.54 bits per heavy atom. The summed E-state index contributed by atoms with van der Waals surface area (Å²) in [6.45, 7) is 7.99. The first-order chi connectivity index (χ1) is 11.0. The van der Waals surface area contributed by atoms with E-state index in [1.54, 1.807) is 0 Å². The van der Waals surface area contributed by atoms with Crippen molar-refractivity contribution in [2.45, 2.75) is 42.4 Å². The lowest BCUT2D eigenvalue weighted by atomic mass is 10.0. The normalized spacial score (nSPS) is 11.5. The third kappa shape index (κ3) is 3.62. The Hall–Kier alpha value is -1.86. The van der Waals surface area contributed by atoms with Crippen LogP contribution >= 0.6 is 11.8 Å². The van der Waals surface area contributed by atoms with Crippen LogP contribution in [0, 0.1) is 37.8 Å². The van der Waals surface area contributed by atoms with Crippen molar-refractivity contribution in [3.63, 3.8) is 0 Å². The summed E-state index contributed by atoms with van der Waals surface area (Å²) in [6.07, 6.45) is 1.04. The lowest BCUT2D eigenvalue weighted by Gasteiger charge is -2.15. The lowest BCUT2D eigenvalue weighted by Crippen LogP contribution is -2.00. The zero-order chi connectivity index (χ0) is 18.2. The average Bonchev–Trinajstić information content (AvgIpc) is 2.48. The van der Waals surface area contributed by atoms with Crippen molar-refractivity contribution in [1.29, 1.82) is 0 Å². The largest absolute Gasteiger partial charge is 0.284 e. The Balaban J connectivity index is 2.61. The fourth-order valence-corrected chi connectivity index (χ4v) is 4.26. The van der Waals surface area contributed by atoms with Crippen molar-refractivity contribution in [3.05, 3.63) is 56.6 Å². The first kappa shape index (κ1) is 18.5. The number of rotatable bonds is 4. The van der Waals surface area contributed by atoms with E-state index in [-0.39, 0.29) is 10.6 Å². The second kappa shape index (κ2) is 6.57. The molecule has 2 rings (SSSR count). The van der Waals surface area contributed by atoms with Crippen molar-refractivity contribution >= 4 is 27.3 Å². The second-order valence-corrected chi connectivity index (χ2v) is 8.92. The predicted molar refractivity (Wildman–Crippen MR) is 95.7 cm³/mol. The van der Waals surface area contributed by atoms with Gasteiger partial charge in [-0.15, -0.1) is 0 Å². The first-order valence-corrected chi connectivity index (χ1v) is 9.97. The summed E-state index contributed by atoms with van der Waals surface area (Å²) < 4.78 is 23.3. The summed E-state index contributed by atoms with van der Waals surface area (Å²) in [4.78, 5) is 12.2. The molecule has 0 saturated carbocycles. The van der Waals surface area contributed by atoms with Crippen molar-refractivity contribution in [3.8, 4) is 0 Å². The molecule has 0 atom stereocenters. The monoisotopic (exact) mass is 365 g/mol. The van der Waals surface area contributed by atoms with Gasteiger partial charge in [0.2, 0.25) is 0 Å². The molecular weight excluding hydrogens is 346 g/mol.